The topological polar surface area (TPSA) is 91.3 Å². The maximum absolute atomic E-state index is 11.8. The number of amides is 2. The summed E-state index contributed by atoms with van der Waals surface area (Å²) in [6.07, 6.45) is 2.90. The molecule has 0 spiro atoms. The van der Waals surface area contributed by atoms with Crippen LogP contribution in [-0.2, 0) is 17.8 Å². The number of carboxylic acids is 1. The number of hydrogen-bond acceptors (Lipinski definition) is 3. The van der Waals surface area contributed by atoms with Gasteiger partial charge in [0.1, 0.15) is 6.04 Å². The molecule has 6 nitrogen and oxygen atoms in total. The largest absolute Gasteiger partial charge is 0.480 e. The van der Waals surface area contributed by atoms with E-state index in [-0.39, 0.29) is 12.5 Å². The molecule has 0 fully saturated rings. The summed E-state index contributed by atoms with van der Waals surface area (Å²) in [7, 11) is 0. The highest BCUT2D eigenvalue weighted by molar-refractivity contribution is 5.82. The van der Waals surface area contributed by atoms with Gasteiger partial charge in [0.25, 0.3) is 0 Å². The van der Waals surface area contributed by atoms with E-state index < -0.39 is 18.0 Å². The molecule has 0 saturated heterocycles. The third-order valence-corrected chi connectivity index (χ3v) is 3.09. The SMILES string of the molecule is CCc1cccnc1CNC(=O)N[C@@H](CC(C)C)C(=O)O. The van der Waals surface area contributed by atoms with Crippen molar-refractivity contribution in [2.45, 2.75) is 46.2 Å². The van der Waals surface area contributed by atoms with Gasteiger partial charge >= 0.3 is 12.0 Å². The molecule has 0 aliphatic rings. The number of carboxylic acid groups (broad SMARTS) is 1. The molecular weight excluding hydrogens is 270 g/mol. The van der Waals surface area contributed by atoms with Crippen molar-refractivity contribution < 1.29 is 14.7 Å². The van der Waals surface area contributed by atoms with E-state index in [1.54, 1.807) is 6.20 Å². The van der Waals surface area contributed by atoms with Crippen molar-refractivity contribution in [2.75, 3.05) is 0 Å². The second-order valence-electron chi connectivity index (χ2n) is 5.31. The van der Waals surface area contributed by atoms with Crippen molar-refractivity contribution in [3.8, 4) is 0 Å². The standard InChI is InChI=1S/C15H23N3O3/c1-4-11-6-5-7-16-13(11)9-17-15(21)18-12(14(19)20)8-10(2)3/h5-7,10,12H,4,8-9H2,1-3H3,(H,19,20)(H2,17,18,21)/t12-/m0/s1. The minimum absolute atomic E-state index is 0.189. The molecule has 1 heterocycles. The number of hydrogen-bond donors (Lipinski definition) is 3. The van der Waals surface area contributed by atoms with Crippen LogP contribution < -0.4 is 10.6 Å². The Bertz CT molecular complexity index is 489. The van der Waals surface area contributed by atoms with Gasteiger partial charge in [0.2, 0.25) is 0 Å². The Morgan fingerprint density at radius 3 is 2.67 bits per heavy atom. The predicted octanol–water partition coefficient (Wildman–Crippen LogP) is 1.94. The Hall–Kier alpha value is -2.11. The lowest BCUT2D eigenvalue weighted by Gasteiger charge is -2.17. The van der Waals surface area contributed by atoms with Crippen molar-refractivity contribution in [1.82, 2.24) is 15.6 Å². The van der Waals surface area contributed by atoms with Crippen molar-refractivity contribution in [2.24, 2.45) is 5.92 Å². The lowest BCUT2D eigenvalue weighted by Crippen LogP contribution is -2.46. The highest BCUT2D eigenvalue weighted by Gasteiger charge is 2.20. The summed E-state index contributed by atoms with van der Waals surface area (Å²) in [6.45, 7) is 6.13. The number of aliphatic carboxylic acids is 1. The van der Waals surface area contributed by atoms with Crippen LogP contribution in [0.15, 0.2) is 18.3 Å². The average Bonchev–Trinajstić information content (AvgIpc) is 2.44. The number of aryl methyl sites for hydroxylation is 1. The van der Waals surface area contributed by atoms with Gasteiger partial charge in [-0.2, -0.15) is 0 Å². The maximum Gasteiger partial charge on any atom is 0.326 e. The van der Waals surface area contributed by atoms with Crippen LogP contribution in [0.3, 0.4) is 0 Å². The molecule has 2 amide bonds. The van der Waals surface area contributed by atoms with Gasteiger partial charge in [-0.1, -0.05) is 26.8 Å². The monoisotopic (exact) mass is 293 g/mol. The van der Waals surface area contributed by atoms with E-state index in [2.05, 4.69) is 15.6 Å². The van der Waals surface area contributed by atoms with Crippen LogP contribution in [0.1, 0.15) is 38.4 Å². The molecule has 0 saturated carbocycles. The Balaban J connectivity index is 2.54. The smallest absolute Gasteiger partial charge is 0.326 e. The van der Waals surface area contributed by atoms with Gasteiger partial charge < -0.3 is 15.7 Å². The van der Waals surface area contributed by atoms with Gasteiger partial charge in [0.05, 0.1) is 12.2 Å². The predicted molar refractivity (Wildman–Crippen MR) is 79.9 cm³/mol. The number of carbonyl (C=O) groups is 2. The fraction of sp³-hybridized carbons (Fsp3) is 0.533. The summed E-state index contributed by atoms with van der Waals surface area (Å²) >= 11 is 0. The zero-order valence-electron chi connectivity index (χ0n) is 12.7. The van der Waals surface area contributed by atoms with E-state index in [1.807, 2.05) is 32.9 Å². The highest BCUT2D eigenvalue weighted by atomic mass is 16.4. The molecule has 21 heavy (non-hydrogen) atoms. The van der Waals surface area contributed by atoms with Gasteiger partial charge in [0, 0.05) is 6.20 Å². The summed E-state index contributed by atoms with van der Waals surface area (Å²) in [5.41, 5.74) is 1.86. The van der Waals surface area contributed by atoms with Crippen molar-refractivity contribution in [3.05, 3.63) is 29.6 Å². The average molecular weight is 293 g/mol. The van der Waals surface area contributed by atoms with Crippen LogP contribution in [0.5, 0.6) is 0 Å². The van der Waals surface area contributed by atoms with Crippen LogP contribution >= 0.6 is 0 Å². The summed E-state index contributed by atoms with van der Waals surface area (Å²) < 4.78 is 0. The van der Waals surface area contributed by atoms with Crippen LogP contribution in [0.2, 0.25) is 0 Å². The van der Waals surface area contributed by atoms with Crippen LogP contribution in [0.25, 0.3) is 0 Å². The van der Waals surface area contributed by atoms with E-state index in [4.69, 9.17) is 5.11 Å². The molecule has 0 aliphatic carbocycles. The Morgan fingerprint density at radius 2 is 2.10 bits per heavy atom. The first-order valence-electron chi connectivity index (χ1n) is 7.14. The molecule has 1 rings (SSSR count). The number of carbonyl (C=O) groups excluding carboxylic acids is 1. The molecular formula is C15H23N3O3. The van der Waals surface area contributed by atoms with Gasteiger partial charge in [0.15, 0.2) is 0 Å². The Labute approximate surface area is 125 Å². The van der Waals surface area contributed by atoms with Gasteiger partial charge in [-0.3, -0.25) is 4.98 Å². The number of rotatable bonds is 7. The molecule has 3 N–H and O–H groups in total. The van der Waals surface area contributed by atoms with Gasteiger partial charge in [-0.25, -0.2) is 9.59 Å². The number of aromatic nitrogens is 1. The molecule has 0 aromatic carbocycles. The van der Waals surface area contributed by atoms with Crippen LogP contribution in [0.4, 0.5) is 4.79 Å². The molecule has 1 aromatic rings. The molecule has 1 aromatic heterocycles. The minimum Gasteiger partial charge on any atom is -0.480 e. The van der Waals surface area contributed by atoms with E-state index in [0.717, 1.165) is 17.7 Å². The fourth-order valence-corrected chi connectivity index (χ4v) is 2.02. The van der Waals surface area contributed by atoms with Gasteiger partial charge in [-0.15, -0.1) is 0 Å². The summed E-state index contributed by atoms with van der Waals surface area (Å²) in [4.78, 5) is 27.1. The molecule has 0 aliphatic heterocycles. The van der Waals surface area contributed by atoms with E-state index in [1.165, 1.54) is 0 Å². The maximum atomic E-state index is 11.8. The number of nitrogens with zero attached hydrogens (tertiary/aromatic N) is 1. The zero-order chi connectivity index (χ0) is 15.8. The molecule has 0 bridgehead atoms. The first-order chi connectivity index (χ1) is 9.93. The van der Waals surface area contributed by atoms with Crippen LogP contribution in [-0.4, -0.2) is 28.1 Å². The van der Waals surface area contributed by atoms with E-state index in [9.17, 15) is 9.59 Å². The normalized spacial score (nSPS) is 12.0. The lowest BCUT2D eigenvalue weighted by atomic mass is 10.0. The van der Waals surface area contributed by atoms with Crippen LogP contribution in [0, 0.1) is 5.92 Å². The zero-order valence-corrected chi connectivity index (χ0v) is 12.7. The molecule has 116 valence electrons. The number of pyridine rings is 1. The highest BCUT2D eigenvalue weighted by Crippen LogP contribution is 2.06. The summed E-state index contributed by atoms with van der Waals surface area (Å²) in [5, 5.41) is 14.2. The van der Waals surface area contributed by atoms with Crippen molar-refractivity contribution >= 4 is 12.0 Å². The Kier molecular flexibility index (Phi) is 6.65. The van der Waals surface area contributed by atoms with Crippen molar-refractivity contribution in [3.63, 3.8) is 0 Å². The molecule has 1 atom stereocenters. The quantitative estimate of drug-likeness (QED) is 0.716. The number of urea groups is 1. The molecule has 6 heteroatoms. The molecule has 0 unspecified atom stereocenters. The summed E-state index contributed by atoms with van der Waals surface area (Å²) in [5.74, 6) is -0.834. The third kappa shape index (κ3) is 5.81. The first kappa shape index (κ1) is 16.9. The summed E-state index contributed by atoms with van der Waals surface area (Å²) in [6, 6.07) is 2.45. The number of nitrogens with one attached hydrogen (secondary N) is 2. The lowest BCUT2D eigenvalue weighted by molar-refractivity contribution is -0.139. The molecule has 0 radical (unpaired) electrons. The fourth-order valence-electron chi connectivity index (χ4n) is 2.02. The second-order valence-corrected chi connectivity index (χ2v) is 5.31. The van der Waals surface area contributed by atoms with E-state index >= 15 is 0 Å². The second kappa shape index (κ2) is 8.24. The first-order valence-corrected chi connectivity index (χ1v) is 7.14. The third-order valence-electron chi connectivity index (χ3n) is 3.09. The van der Waals surface area contributed by atoms with Crippen molar-refractivity contribution in [1.29, 1.82) is 0 Å². The van der Waals surface area contributed by atoms with E-state index in [0.29, 0.717) is 6.42 Å². The Morgan fingerprint density at radius 1 is 1.38 bits per heavy atom. The minimum atomic E-state index is -1.02. The van der Waals surface area contributed by atoms with Gasteiger partial charge in [-0.05, 0) is 30.4 Å².